The van der Waals surface area contributed by atoms with Gasteiger partial charge in [-0.05, 0) is 30.5 Å². The van der Waals surface area contributed by atoms with Crippen molar-refractivity contribution in [3.63, 3.8) is 0 Å². The molecular formula is C16H16N2O. The summed E-state index contributed by atoms with van der Waals surface area (Å²) in [4.78, 5) is 12.0. The highest BCUT2D eigenvalue weighted by Crippen LogP contribution is 2.20. The summed E-state index contributed by atoms with van der Waals surface area (Å²) in [6.45, 7) is 0. The fourth-order valence-corrected chi connectivity index (χ4v) is 2.37. The maximum atomic E-state index is 12.0. The van der Waals surface area contributed by atoms with Gasteiger partial charge in [-0.25, -0.2) is 0 Å². The molecule has 3 heteroatoms. The van der Waals surface area contributed by atoms with Crippen LogP contribution in [0.3, 0.4) is 0 Å². The van der Waals surface area contributed by atoms with Gasteiger partial charge in [-0.15, -0.1) is 0 Å². The third-order valence-electron chi connectivity index (χ3n) is 3.37. The van der Waals surface area contributed by atoms with Crippen molar-refractivity contribution in [2.24, 2.45) is 0 Å². The zero-order valence-corrected chi connectivity index (χ0v) is 10.6. The molecule has 3 rings (SSSR count). The number of aryl methyl sites for hydroxylation is 1. The van der Waals surface area contributed by atoms with Gasteiger partial charge in [-0.2, -0.15) is 0 Å². The van der Waals surface area contributed by atoms with E-state index in [0.29, 0.717) is 0 Å². The number of anilines is 1. The van der Waals surface area contributed by atoms with Crippen LogP contribution in [-0.2, 0) is 6.42 Å². The Hall–Kier alpha value is -2.29. The molecular weight excluding hydrogens is 236 g/mol. The topological polar surface area (TPSA) is 41.1 Å². The lowest BCUT2D eigenvalue weighted by atomic mass is 10.0. The summed E-state index contributed by atoms with van der Waals surface area (Å²) in [5.74, 6) is 0.00686. The first-order chi connectivity index (χ1) is 9.33. The van der Waals surface area contributed by atoms with E-state index in [1.54, 1.807) is 0 Å². The smallest absolute Gasteiger partial charge is 0.254 e. The van der Waals surface area contributed by atoms with Gasteiger partial charge in [-0.3, -0.25) is 4.79 Å². The van der Waals surface area contributed by atoms with Crippen LogP contribution in [0, 0.1) is 0 Å². The number of para-hydroxylation sites is 1. The zero-order valence-electron chi connectivity index (χ0n) is 10.6. The minimum atomic E-state index is 0.00241. The van der Waals surface area contributed by atoms with E-state index < -0.39 is 0 Å². The van der Waals surface area contributed by atoms with Crippen LogP contribution in [-0.4, -0.2) is 12.1 Å². The Morgan fingerprint density at radius 2 is 1.63 bits per heavy atom. The number of hydrogen-bond acceptors (Lipinski definition) is 2. The van der Waals surface area contributed by atoms with Gasteiger partial charge >= 0.3 is 0 Å². The van der Waals surface area contributed by atoms with Crippen molar-refractivity contribution in [3.8, 4) is 0 Å². The van der Waals surface area contributed by atoms with Crippen LogP contribution in [0.1, 0.15) is 22.3 Å². The lowest BCUT2D eigenvalue weighted by Gasteiger charge is -2.27. The molecule has 2 aromatic carbocycles. The fourth-order valence-electron chi connectivity index (χ4n) is 2.37. The van der Waals surface area contributed by atoms with Gasteiger partial charge in [0.2, 0.25) is 0 Å². The summed E-state index contributed by atoms with van der Waals surface area (Å²) in [5, 5.41) is 6.36. The van der Waals surface area contributed by atoms with Crippen LogP contribution < -0.4 is 10.6 Å². The molecule has 1 atom stereocenters. The predicted molar refractivity (Wildman–Crippen MR) is 76.1 cm³/mol. The third kappa shape index (κ3) is 2.60. The molecule has 1 heterocycles. The molecule has 2 N–H and O–H groups in total. The van der Waals surface area contributed by atoms with Crippen LogP contribution in [0.4, 0.5) is 5.69 Å². The lowest BCUT2D eigenvalue weighted by molar-refractivity contribution is 0.0934. The number of fused-ring (bicyclic) bond motifs is 1. The molecule has 0 unspecified atom stereocenters. The summed E-state index contributed by atoms with van der Waals surface area (Å²) in [7, 11) is 0. The molecule has 2 aromatic rings. The molecule has 0 fully saturated rings. The van der Waals surface area contributed by atoms with Crippen molar-refractivity contribution in [2.75, 3.05) is 5.32 Å². The highest BCUT2D eigenvalue weighted by molar-refractivity contribution is 6.01. The second kappa shape index (κ2) is 5.14. The first-order valence-corrected chi connectivity index (χ1v) is 6.53. The van der Waals surface area contributed by atoms with Crippen molar-refractivity contribution >= 4 is 11.6 Å². The highest BCUT2D eigenvalue weighted by Gasteiger charge is 2.22. The van der Waals surface area contributed by atoms with E-state index >= 15 is 0 Å². The first-order valence-electron chi connectivity index (χ1n) is 6.53. The van der Waals surface area contributed by atoms with Crippen molar-refractivity contribution in [3.05, 3.63) is 65.7 Å². The number of rotatable bonds is 3. The van der Waals surface area contributed by atoms with Gasteiger partial charge in [0, 0.05) is 5.69 Å². The van der Waals surface area contributed by atoms with Gasteiger partial charge < -0.3 is 10.6 Å². The molecule has 0 bridgehead atoms. The van der Waals surface area contributed by atoms with Crippen LogP contribution in [0.5, 0.6) is 0 Å². The minimum absolute atomic E-state index is 0.00241. The Kier molecular flexibility index (Phi) is 3.19. The van der Waals surface area contributed by atoms with E-state index in [1.165, 1.54) is 5.56 Å². The quantitative estimate of drug-likeness (QED) is 0.882. The van der Waals surface area contributed by atoms with Crippen LogP contribution in [0.15, 0.2) is 54.6 Å². The molecule has 19 heavy (non-hydrogen) atoms. The van der Waals surface area contributed by atoms with E-state index in [1.807, 2.05) is 42.5 Å². The average Bonchev–Trinajstić information content (AvgIpc) is 2.46. The van der Waals surface area contributed by atoms with Crippen molar-refractivity contribution < 1.29 is 4.79 Å². The van der Waals surface area contributed by atoms with Crippen LogP contribution in [0.2, 0.25) is 0 Å². The number of carbonyl (C=O) groups excluding carboxylic acids is 1. The number of nitrogens with one attached hydrogen (secondary N) is 2. The maximum Gasteiger partial charge on any atom is 0.254 e. The van der Waals surface area contributed by atoms with Crippen molar-refractivity contribution in [1.29, 1.82) is 0 Å². The third-order valence-corrected chi connectivity index (χ3v) is 3.37. The fraction of sp³-hybridized carbons (Fsp3) is 0.188. The van der Waals surface area contributed by atoms with E-state index in [0.717, 1.165) is 24.1 Å². The van der Waals surface area contributed by atoms with Crippen molar-refractivity contribution in [2.45, 2.75) is 19.0 Å². The molecule has 0 saturated carbocycles. The molecule has 96 valence electrons. The highest BCUT2D eigenvalue weighted by atomic mass is 16.2. The summed E-state index contributed by atoms with van der Waals surface area (Å²) >= 11 is 0. The molecule has 0 aliphatic carbocycles. The van der Waals surface area contributed by atoms with E-state index in [4.69, 9.17) is 0 Å². The molecule has 3 nitrogen and oxygen atoms in total. The van der Waals surface area contributed by atoms with Gasteiger partial charge in [-0.1, -0.05) is 42.5 Å². The second-order valence-electron chi connectivity index (χ2n) is 4.74. The summed E-state index contributed by atoms with van der Waals surface area (Å²) in [6.07, 6.45) is 1.83. The van der Waals surface area contributed by atoms with Gasteiger partial charge in [0.25, 0.3) is 5.91 Å². The first kappa shape index (κ1) is 11.8. The monoisotopic (exact) mass is 252 g/mol. The van der Waals surface area contributed by atoms with Crippen LogP contribution in [0.25, 0.3) is 0 Å². The van der Waals surface area contributed by atoms with Gasteiger partial charge in [0.15, 0.2) is 0 Å². The number of hydrogen-bond donors (Lipinski definition) is 2. The summed E-state index contributed by atoms with van der Waals surface area (Å²) in [5.41, 5.74) is 2.93. The zero-order chi connectivity index (χ0) is 13.1. The van der Waals surface area contributed by atoms with Crippen molar-refractivity contribution in [1.82, 2.24) is 5.32 Å². The minimum Gasteiger partial charge on any atom is -0.365 e. The summed E-state index contributed by atoms with van der Waals surface area (Å²) < 4.78 is 0. The Morgan fingerprint density at radius 1 is 0.895 bits per heavy atom. The Balaban J connectivity index is 1.67. The molecule has 0 spiro atoms. The summed E-state index contributed by atoms with van der Waals surface area (Å²) in [6, 6.07) is 17.9. The van der Waals surface area contributed by atoms with E-state index in [2.05, 4.69) is 22.8 Å². The molecule has 0 saturated heterocycles. The maximum absolute atomic E-state index is 12.0. The Labute approximate surface area is 112 Å². The SMILES string of the molecule is O=C1N[C@@H](CCc2ccccc2)Nc2ccccc21. The van der Waals surface area contributed by atoms with Gasteiger partial charge in [0.1, 0.15) is 0 Å². The number of amides is 1. The molecule has 0 radical (unpaired) electrons. The molecule has 1 amide bonds. The Bertz CT molecular complexity index is 580. The molecule has 0 aromatic heterocycles. The normalized spacial score (nSPS) is 17.3. The average molecular weight is 252 g/mol. The van der Waals surface area contributed by atoms with Gasteiger partial charge in [0.05, 0.1) is 11.7 Å². The molecule has 1 aliphatic heterocycles. The lowest BCUT2D eigenvalue weighted by Crippen LogP contribution is -2.45. The second-order valence-corrected chi connectivity index (χ2v) is 4.74. The standard InChI is InChI=1S/C16H16N2O/c19-16-13-8-4-5-9-14(13)17-15(18-16)11-10-12-6-2-1-3-7-12/h1-9,15,17H,10-11H2,(H,18,19)/t15-/m0/s1. The van der Waals surface area contributed by atoms with E-state index in [9.17, 15) is 4.79 Å². The Morgan fingerprint density at radius 3 is 2.47 bits per heavy atom. The number of carbonyl (C=O) groups is 1. The number of benzene rings is 2. The van der Waals surface area contributed by atoms with E-state index in [-0.39, 0.29) is 12.1 Å². The predicted octanol–water partition coefficient (Wildman–Crippen LogP) is 2.80. The largest absolute Gasteiger partial charge is 0.365 e. The van der Waals surface area contributed by atoms with Crippen LogP contribution >= 0.6 is 0 Å². The molecule has 1 aliphatic rings.